The van der Waals surface area contributed by atoms with E-state index in [1.54, 1.807) is 13.8 Å². The molecule has 0 aromatic carbocycles. The van der Waals surface area contributed by atoms with Crippen molar-refractivity contribution in [3.63, 3.8) is 0 Å². The molecule has 0 saturated carbocycles. The number of aliphatic hydroxyl groups excluding tert-OH is 1. The molecule has 2 rings (SSSR count). The van der Waals surface area contributed by atoms with Crippen molar-refractivity contribution in [1.82, 2.24) is 36.1 Å². The fourth-order valence-corrected chi connectivity index (χ4v) is 5.92. The average molecular weight is 666 g/mol. The Morgan fingerprint density at radius 3 is 2.14 bits per heavy atom. The van der Waals surface area contributed by atoms with Crippen molar-refractivity contribution in [3.05, 3.63) is 18.2 Å². The van der Waals surface area contributed by atoms with Crippen LogP contribution in [0.25, 0.3) is 0 Å². The van der Waals surface area contributed by atoms with Crippen LogP contribution in [0.4, 0.5) is 0 Å². The fourth-order valence-electron chi connectivity index (χ4n) is 4.77. The van der Waals surface area contributed by atoms with Crippen molar-refractivity contribution in [3.8, 4) is 0 Å². The Morgan fingerprint density at radius 1 is 1.00 bits per heavy atom. The second-order valence-corrected chi connectivity index (χ2v) is 12.7. The summed E-state index contributed by atoms with van der Waals surface area (Å²) in [4.78, 5) is 85.1. The number of hydrogen-bond donors (Lipinski definition) is 6. The van der Waals surface area contributed by atoms with Gasteiger partial charge in [0.2, 0.25) is 11.8 Å². The van der Waals surface area contributed by atoms with Crippen LogP contribution in [0.5, 0.6) is 0 Å². The Balaban J connectivity index is 2.21. The molecule has 5 amide bonds. The first-order valence-electron chi connectivity index (χ1n) is 14.1. The van der Waals surface area contributed by atoms with Crippen molar-refractivity contribution in [1.29, 1.82) is 0 Å². The molecule has 1 aromatic rings. The van der Waals surface area contributed by atoms with E-state index in [0.29, 0.717) is 56.0 Å². The molecule has 1 saturated heterocycles. The minimum atomic E-state index is -1.37. The second kappa shape index (κ2) is 16.8. The molecule has 5 atom stereocenters. The van der Waals surface area contributed by atoms with Crippen molar-refractivity contribution < 1.29 is 64.8 Å². The number of H-pyrrole nitrogens is 1. The van der Waals surface area contributed by atoms with E-state index in [-0.39, 0.29) is 33.2 Å². The van der Waals surface area contributed by atoms with Gasteiger partial charge in [-0.15, -0.1) is 0 Å². The Morgan fingerprint density at radius 2 is 1.62 bits per heavy atom. The van der Waals surface area contributed by atoms with Gasteiger partial charge in [-0.2, -0.15) is 0 Å². The van der Waals surface area contributed by atoms with Gasteiger partial charge in [0.1, 0.15) is 6.04 Å². The summed E-state index contributed by atoms with van der Waals surface area (Å²) in [6, 6.07) is -4.99. The van der Waals surface area contributed by atoms with E-state index in [1.807, 2.05) is 13.8 Å². The van der Waals surface area contributed by atoms with E-state index >= 15 is 0 Å². The number of aliphatic hydroxyl groups is 1. The first-order valence-corrected chi connectivity index (χ1v) is 15.5. The van der Waals surface area contributed by atoms with Gasteiger partial charge in [0.25, 0.3) is 0 Å². The predicted octanol–water partition coefficient (Wildman–Crippen LogP) is -1.33. The third-order valence-corrected chi connectivity index (χ3v) is 7.88. The number of hydrogen-bond acceptors (Lipinski definition) is 8. The van der Waals surface area contributed by atoms with Crippen LogP contribution in [0.15, 0.2) is 12.5 Å². The van der Waals surface area contributed by atoms with Crippen LogP contribution in [0, 0.1) is 11.8 Å². The molecule has 0 spiro atoms. The molecule has 2 heterocycles. The van der Waals surface area contributed by atoms with E-state index in [1.165, 1.54) is 24.3 Å². The molecule has 6 N–H and O–H groups in total. The van der Waals surface area contributed by atoms with Gasteiger partial charge < -0.3 is 4.90 Å². The van der Waals surface area contributed by atoms with Gasteiger partial charge in [0, 0.05) is 13.5 Å². The summed E-state index contributed by atoms with van der Waals surface area (Å²) in [6.45, 7) is 8.45. The molecule has 0 unspecified atom stereocenters. The van der Waals surface area contributed by atoms with Crippen LogP contribution >= 0.6 is 0 Å². The molecule has 1 aromatic heterocycles. The second-order valence-electron chi connectivity index (χ2n) is 11.3. The van der Waals surface area contributed by atoms with Crippen molar-refractivity contribution >= 4 is 32.1 Å². The number of amides is 5. The van der Waals surface area contributed by atoms with E-state index in [0.717, 1.165) is 0 Å². The summed E-state index contributed by atoms with van der Waals surface area (Å²) in [5.41, 5.74) is 0.522. The summed E-state index contributed by atoms with van der Waals surface area (Å²) in [5, 5.41) is 20.4. The summed E-state index contributed by atoms with van der Waals surface area (Å²) >= 11 is 0.292. The number of likely N-dealkylation sites (tertiary alicyclic amines) is 1. The third-order valence-electron chi connectivity index (χ3n) is 7.00. The number of nitrogens with zero attached hydrogens (tertiary/aromatic N) is 2. The predicted molar refractivity (Wildman–Crippen MR) is 147 cm³/mol. The molecule has 15 heteroatoms. The van der Waals surface area contributed by atoms with E-state index in [9.17, 15) is 33.9 Å². The molecule has 1 fully saturated rings. The monoisotopic (exact) mass is 665 g/mol. The van der Waals surface area contributed by atoms with Gasteiger partial charge in [-0.3, -0.25) is 9.59 Å². The summed E-state index contributed by atoms with van der Waals surface area (Å²) in [5.74, 6) is -2.93. The molecular formula is C27H42N7O7Y. The van der Waals surface area contributed by atoms with Crippen LogP contribution in [-0.4, -0.2) is 95.5 Å². The zero-order chi connectivity index (χ0) is 31.6. The molecule has 14 nitrogen and oxygen atoms in total. The maximum absolute atomic E-state index is 13.5. The van der Waals surface area contributed by atoms with Crippen LogP contribution in [-0.2, 0) is 66.1 Å². The van der Waals surface area contributed by atoms with Gasteiger partial charge in [-0.25, -0.2) is 0 Å². The molecule has 1 aliphatic rings. The Bertz CT molecular complexity index is 1110. The first-order chi connectivity index (χ1) is 19.7. The number of carbonyl (C=O) groups is 6. The molecule has 0 radical (unpaired) electrons. The first kappa shape index (κ1) is 35.5. The number of carbonyl (C=O) groups excluding carboxylic acids is 6. The normalized spacial score (nSPS) is 17.7. The Labute approximate surface area is 265 Å². The van der Waals surface area contributed by atoms with Gasteiger partial charge in [-0.05, 0) is 18.8 Å². The molecule has 0 aliphatic carbocycles. The molecular weight excluding hydrogens is 623 g/mol. The van der Waals surface area contributed by atoms with Gasteiger partial charge in [0.05, 0.1) is 0 Å². The quantitative estimate of drug-likeness (QED) is 0.132. The molecule has 0 bridgehead atoms. The summed E-state index contributed by atoms with van der Waals surface area (Å²) in [7, 11) is 0. The van der Waals surface area contributed by atoms with E-state index in [2.05, 4.69) is 31.2 Å². The van der Waals surface area contributed by atoms with E-state index in [4.69, 9.17) is 0 Å². The SMILES string of the molecule is CC(=O)N1CCC[C@H]1C(=O)N[C@@H](CC(C)C)C(=O)N[C@@H](Cc1cnc[nH]1)C(=O)N[C@@H](CO)C(=O)N[C@H]([C](=O)[Y])C(C)C. The van der Waals surface area contributed by atoms with Crippen LogP contribution < -0.4 is 21.3 Å². The standard InChI is InChI=1S/C27H42N7O7.Y/c1-15(2)9-19(31-27(41)23-7-6-8-34(23)17(5)37)24(38)30-20(10-18-11-28-14-29-18)25(39)33-22(13-36)26(40)32-21(12-35)16(3)4;/h11,14-16,19-23,36H,6-10,13H2,1-5H3,(H,28,29)(H,30,38)(H,31,41)(H,32,40)(H,33,39);/t19-,20-,21+,22-,23-;/m0./s1. The average Bonchev–Trinajstić information content (AvgIpc) is 3.61. The summed E-state index contributed by atoms with van der Waals surface area (Å²) < 4.78 is -0.140. The van der Waals surface area contributed by atoms with Crippen molar-refractivity contribution in [2.45, 2.75) is 90.5 Å². The van der Waals surface area contributed by atoms with Gasteiger partial charge in [-0.1, -0.05) is 13.8 Å². The molecule has 1 aliphatic heterocycles. The topological polar surface area (TPSA) is 203 Å². The van der Waals surface area contributed by atoms with Crippen LogP contribution in [0.3, 0.4) is 0 Å². The van der Waals surface area contributed by atoms with Crippen LogP contribution in [0.2, 0.25) is 0 Å². The third kappa shape index (κ3) is 10.5. The number of rotatable bonds is 15. The fraction of sp³-hybridized carbons (Fsp3) is 0.667. The Kier molecular flexibility index (Phi) is 14.2. The number of aromatic nitrogens is 2. The Hall–Kier alpha value is -2.71. The molecule has 42 heavy (non-hydrogen) atoms. The minimum absolute atomic E-state index is 0.00827. The van der Waals surface area contributed by atoms with E-state index < -0.39 is 60.4 Å². The van der Waals surface area contributed by atoms with Crippen molar-refractivity contribution in [2.24, 2.45) is 11.8 Å². The van der Waals surface area contributed by atoms with Crippen molar-refractivity contribution in [2.75, 3.05) is 13.2 Å². The number of nitrogens with one attached hydrogen (secondary N) is 5. The van der Waals surface area contributed by atoms with Gasteiger partial charge >= 0.3 is 188 Å². The number of imidazole rings is 1. The van der Waals surface area contributed by atoms with Crippen LogP contribution in [0.1, 0.15) is 59.6 Å². The maximum atomic E-state index is 13.5. The number of aromatic amines is 1. The zero-order valence-corrected chi connectivity index (χ0v) is 27.6. The van der Waals surface area contributed by atoms with Gasteiger partial charge in [0.15, 0.2) is 0 Å². The summed E-state index contributed by atoms with van der Waals surface area (Å²) in [6.07, 6.45) is 4.31. The molecule has 230 valence electrons. The zero-order valence-electron chi connectivity index (χ0n) is 24.8.